The van der Waals surface area contributed by atoms with E-state index in [0.717, 1.165) is 11.3 Å². The predicted octanol–water partition coefficient (Wildman–Crippen LogP) is 1.22. The number of imide groups is 1. The number of hydrogen-bond acceptors (Lipinski definition) is 6. The number of carbonyl (C=O) groups is 3. The van der Waals surface area contributed by atoms with Crippen molar-refractivity contribution in [2.45, 2.75) is 20.3 Å². The molecule has 0 aromatic heterocycles. The Morgan fingerprint density at radius 3 is 2.58 bits per heavy atom. The summed E-state index contributed by atoms with van der Waals surface area (Å²) in [5, 5.41) is 7.96. The minimum absolute atomic E-state index is 0.0539. The summed E-state index contributed by atoms with van der Waals surface area (Å²) >= 11 is 0. The van der Waals surface area contributed by atoms with Crippen LogP contribution in [0.15, 0.2) is 35.4 Å². The topological polar surface area (TPSA) is 91.3 Å². The summed E-state index contributed by atoms with van der Waals surface area (Å²) in [6.45, 7) is 4.68. The molecule has 26 heavy (non-hydrogen) atoms. The summed E-state index contributed by atoms with van der Waals surface area (Å²) < 4.78 is 4.66. The molecule has 3 amide bonds. The molecule has 0 atom stereocenters. The quantitative estimate of drug-likeness (QED) is 0.789. The van der Waals surface area contributed by atoms with E-state index in [0.29, 0.717) is 19.5 Å². The van der Waals surface area contributed by atoms with Gasteiger partial charge in [-0.1, -0.05) is 37.3 Å². The molecule has 0 unspecified atom stereocenters. The lowest BCUT2D eigenvalue weighted by Crippen LogP contribution is -2.44. The number of nitrogens with one attached hydrogen (secondary N) is 1. The maximum absolute atomic E-state index is 12.5. The normalized spacial score (nSPS) is 13.5. The average molecular weight is 360 g/mol. The predicted molar refractivity (Wildman–Crippen MR) is 96.6 cm³/mol. The highest BCUT2D eigenvalue weighted by Gasteiger charge is 2.24. The molecule has 0 aliphatic carbocycles. The van der Waals surface area contributed by atoms with Crippen LogP contribution < -0.4 is 5.32 Å². The number of carbonyl (C=O) groups excluding carboxylic acids is 3. The van der Waals surface area contributed by atoms with Crippen LogP contribution in [0.25, 0.3) is 0 Å². The maximum atomic E-state index is 12.5. The monoisotopic (exact) mass is 360 g/mol. The third-order valence-corrected chi connectivity index (χ3v) is 3.89. The minimum Gasteiger partial charge on any atom is -0.450 e. The van der Waals surface area contributed by atoms with Gasteiger partial charge in [0, 0.05) is 6.42 Å². The second kappa shape index (κ2) is 9.67. The molecule has 1 aromatic carbocycles. The Kier molecular flexibility index (Phi) is 7.28. The van der Waals surface area contributed by atoms with Gasteiger partial charge in [-0.05, 0) is 19.0 Å². The first-order chi connectivity index (χ1) is 12.5. The lowest BCUT2D eigenvalue weighted by Gasteiger charge is -2.21. The standard InChI is InChI=1S/C18H24N4O4/c1-3-21(12-16(23)19-18(25)26-4-2)13-17(24)22-11-10-15(20-22)14-8-6-5-7-9-14/h5-9H,3-4,10-13H2,1-2H3,(H,19,23,25). The van der Waals surface area contributed by atoms with Crippen LogP contribution in [0, 0.1) is 0 Å². The van der Waals surface area contributed by atoms with Crippen LogP contribution in [0.2, 0.25) is 0 Å². The van der Waals surface area contributed by atoms with Gasteiger partial charge in [0.2, 0.25) is 5.91 Å². The Hall–Kier alpha value is -2.74. The van der Waals surface area contributed by atoms with E-state index in [1.54, 1.807) is 11.8 Å². The molecule has 140 valence electrons. The van der Waals surface area contributed by atoms with Crippen molar-refractivity contribution in [1.82, 2.24) is 15.2 Å². The van der Waals surface area contributed by atoms with Gasteiger partial charge in [0.25, 0.3) is 5.91 Å². The summed E-state index contributed by atoms with van der Waals surface area (Å²) in [7, 11) is 0. The fraction of sp³-hybridized carbons (Fsp3) is 0.444. The maximum Gasteiger partial charge on any atom is 0.413 e. The Morgan fingerprint density at radius 1 is 1.19 bits per heavy atom. The van der Waals surface area contributed by atoms with Crippen molar-refractivity contribution >= 4 is 23.6 Å². The molecule has 0 fully saturated rings. The van der Waals surface area contributed by atoms with Crippen molar-refractivity contribution in [1.29, 1.82) is 0 Å². The van der Waals surface area contributed by atoms with Gasteiger partial charge < -0.3 is 4.74 Å². The summed E-state index contributed by atoms with van der Waals surface area (Å²) in [6, 6.07) is 9.73. The molecule has 8 heteroatoms. The Bertz CT molecular complexity index is 675. The second-order valence-electron chi connectivity index (χ2n) is 5.75. The molecule has 2 rings (SSSR count). The first-order valence-corrected chi connectivity index (χ1v) is 8.65. The largest absolute Gasteiger partial charge is 0.450 e. The van der Waals surface area contributed by atoms with Gasteiger partial charge in [-0.3, -0.25) is 19.8 Å². The van der Waals surface area contributed by atoms with E-state index in [4.69, 9.17) is 0 Å². The van der Waals surface area contributed by atoms with Crippen molar-refractivity contribution in [2.24, 2.45) is 5.10 Å². The number of likely N-dealkylation sites (N-methyl/N-ethyl adjacent to an activating group) is 1. The van der Waals surface area contributed by atoms with Gasteiger partial charge in [0.1, 0.15) is 0 Å². The Balaban J connectivity index is 1.88. The number of alkyl carbamates (subject to hydrolysis) is 1. The summed E-state index contributed by atoms with van der Waals surface area (Å²) in [5.74, 6) is -0.685. The molecule has 1 aromatic rings. The number of benzene rings is 1. The van der Waals surface area contributed by atoms with Gasteiger partial charge in [-0.15, -0.1) is 0 Å². The lowest BCUT2D eigenvalue weighted by atomic mass is 10.1. The summed E-state index contributed by atoms with van der Waals surface area (Å²) in [4.78, 5) is 37.2. The molecular formula is C18H24N4O4. The number of hydrazone groups is 1. The van der Waals surface area contributed by atoms with Crippen LogP contribution in [-0.2, 0) is 14.3 Å². The highest BCUT2D eigenvalue weighted by atomic mass is 16.5. The van der Waals surface area contributed by atoms with Crippen LogP contribution >= 0.6 is 0 Å². The van der Waals surface area contributed by atoms with E-state index < -0.39 is 12.0 Å². The summed E-state index contributed by atoms with van der Waals surface area (Å²) in [6.07, 6.45) is -0.0814. The molecular weight excluding hydrogens is 336 g/mol. The van der Waals surface area contributed by atoms with Crippen LogP contribution in [0.4, 0.5) is 4.79 Å². The molecule has 1 aliphatic heterocycles. The zero-order valence-corrected chi connectivity index (χ0v) is 15.1. The third kappa shape index (κ3) is 5.66. The molecule has 1 N–H and O–H groups in total. The zero-order chi connectivity index (χ0) is 18.9. The van der Waals surface area contributed by atoms with Crippen molar-refractivity contribution in [3.05, 3.63) is 35.9 Å². The fourth-order valence-electron chi connectivity index (χ4n) is 2.55. The molecule has 0 bridgehead atoms. The molecule has 0 radical (unpaired) electrons. The second-order valence-corrected chi connectivity index (χ2v) is 5.75. The molecule has 0 saturated heterocycles. The van der Waals surface area contributed by atoms with Gasteiger partial charge >= 0.3 is 6.09 Å². The lowest BCUT2D eigenvalue weighted by molar-refractivity contribution is -0.132. The Morgan fingerprint density at radius 2 is 1.92 bits per heavy atom. The van der Waals surface area contributed by atoms with Crippen molar-refractivity contribution in [2.75, 3.05) is 32.8 Å². The third-order valence-electron chi connectivity index (χ3n) is 3.89. The van der Waals surface area contributed by atoms with E-state index in [9.17, 15) is 14.4 Å². The smallest absolute Gasteiger partial charge is 0.413 e. The molecule has 0 saturated carbocycles. The first-order valence-electron chi connectivity index (χ1n) is 8.65. The van der Waals surface area contributed by atoms with Crippen molar-refractivity contribution in [3.8, 4) is 0 Å². The van der Waals surface area contributed by atoms with Crippen molar-refractivity contribution < 1.29 is 19.1 Å². The van der Waals surface area contributed by atoms with Gasteiger partial charge in [0.15, 0.2) is 0 Å². The average Bonchev–Trinajstić information content (AvgIpc) is 3.12. The number of hydrogen-bond donors (Lipinski definition) is 1. The molecule has 1 aliphatic rings. The van der Waals surface area contributed by atoms with Crippen LogP contribution in [0.1, 0.15) is 25.8 Å². The van der Waals surface area contributed by atoms with E-state index in [1.807, 2.05) is 37.3 Å². The summed E-state index contributed by atoms with van der Waals surface area (Å²) in [5.41, 5.74) is 1.88. The first kappa shape index (κ1) is 19.6. The van der Waals surface area contributed by atoms with E-state index in [2.05, 4.69) is 15.2 Å². The van der Waals surface area contributed by atoms with Crippen LogP contribution in [0.5, 0.6) is 0 Å². The van der Waals surface area contributed by atoms with Crippen molar-refractivity contribution in [3.63, 3.8) is 0 Å². The zero-order valence-electron chi connectivity index (χ0n) is 15.1. The molecule has 1 heterocycles. The molecule has 0 spiro atoms. The van der Waals surface area contributed by atoms with E-state index in [-0.39, 0.29) is 25.6 Å². The van der Waals surface area contributed by atoms with E-state index >= 15 is 0 Å². The highest BCUT2D eigenvalue weighted by molar-refractivity contribution is 6.02. The molecule has 8 nitrogen and oxygen atoms in total. The fourth-order valence-corrected chi connectivity index (χ4v) is 2.55. The SMILES string of the molecule is CCOC(=O)NC(=O)CN(CC)CC(=O)N1CCC(c2ccccc2)=N1. The number of nitrogens with zero attached hydrogens (tertiary/aromatic N) is 3. The number of rotatable bonds is 7. The van der Waals surface area contributed by atoms with Gasteiger partial charge in [-0.25, -0.2) is 9.80 Å². The number of amides is 3. The Labute approximate surface area is 152 Å². The highest BCUT2D eigenvalue weighted by Crippen LogP contribution is 2.14. The van der Waals surface area contributed by atoms with Crippen LogP contribution in [-0.4, -0.2) is 66.3 Å². The van der Waals surface area contributed by atoms with Gasteiger partial charge in [-0.2, -0.15) is 5.10 Å². The number of ether oxygens (including phenoxy) is 1. The minimum atomic E-state index is -0.781. The van der Waals surface area contributed by atoms with E-state index in [1.165, 1.54) is 5.01 Å². The van der Waals surface area contributed by atoms with Gasteiger partial charge in [0.05, 0.1) is 32.0 Å². The van der Waals surface area contributed by atoms with Crippen LogP contribution in [0.3, 0.4) is 0 Å².